The molecule has 0 aliphatic rings. The van der Waals surface area contributed by atoms with Gasteiger partial charge >= 0.3 is 6.01 Å². The van der Waals surface area contributed by atoms with Crippen LogP contribution >= 0.6 is 0 Å². The highest BCUT2D eigenvalue weighted by molar-refractivity contribution is 5.22. The number of nitrogens with one attached hydrogen (secondary N) is 1. The standard InChI is InChI=1S/C11H14N4O/c1-8(2)10-14-15-11(16-10)13-7-9-3-5-12-6-4-9/h3-6,8H,7H2,1-2H3,(H,13,15). The van der Waals surface area contributed by atoms with Gasteiger partial charge in [-0.2, -0.15) is 0 Å². The number of anilines is 1. The van der Waals surface area contributed by atoms with Gasteiger partial charge in [0.2, 0.25) is 5.89 Å². The van der Waals surface area contributed by atoms with Gasteiger partial charge in [-0.05, 0) is 17.7 Å². The molecule has 0 spiro atoms. The smallest absolute Gasteiger partial charge is 0.315 e. The molecule has 0 radical (unpaired) electrons. The van der Waals surface area contributed by atoms with Gasteiger partial charge in [0, 0.05) is 24.9 Å². The first-order valence-corrected chi connectivity index (χ1v) is 5.22. The zero-order valence-electron chi connectivity index (χ0n) is 9.34. The number of hydrogen-bond donors (Lipinski definition) is 1. The first kappa shape index (κ1) is 10.6. The fourth-order valence-corrected chi connectivity index (χ4v) is 1.22. The number of hydrogen-bond acceptors (Lipinski definition) is 5. The van der Waals surface area contributed by atoms with Crippen molar-refractivity contribution in [3.63, 3.8) is 0 Å². The summed E-state index contributed by atoms with van der Waals surface area (Å²) < 4.78 is 5.42. The quantitative estimate of drug-likeness (QED) is 0.852. The molecule has 0 atom stereocenters. The third-order valence-electron chi connectivity index (χ3n) is 2.13. The molecule has 2 aromatic rings. The van der Waals surface area contributed by atoms with E-state index < -0.39 is 0 Å². The predicted molar refractivity (Wildman–Crippen MR) is 60.0 cm³/mol. The average molecular weight is 218 g/mol. The monoisotopic (exact) mass is 218 g/mol. The molecule has 16 heavy (non-hydrogen) atoms. The van der Waals surface area contributed by atoms with E-state index in [4.69, 9.17) is 4.42 Å². The zero-order valence-corrected chi connectivity index (χ0v) is 9.34. The molecule has 84 valence electrons. The van der Waals surface area contributed by atoms with Crippen LogP contribution in [-0.4, -0.2) is 15.2 Å². The highest BCUT2D eigenvalue weighted by atomic mass is 16.4. The summed E-state index contributed by atoms with van der Waals surface area (Å²) in [6.45, 7) is 4.68. The van der Waals surface area contributed by atoms with Crippen LogP contribution in [0.15, 0.2) is 28.9 Å². The third-order valence-corrected chi connectivity index (χ3v) is 2.13. The van der Waals surface area contributed by atoms with Gasteiger partial charge in [-0.25, -0.2) is 0 Å². The van der Waals surface area contributed by atoms with Crippen molar-refractivity contribution in [1.82, 2.24) is 15.2 Å². The van der Waals surface area contributed by atoms with Crippen molar-refractivity contribution in [2.24, 2.45) is 0 Å². The Morgan fingerprint density at radius 2 is 2.00 bits per heavy atom. The largest absolute Gasteiger partial charge is 0.408 e. The Kier molecular flexibility index (Phi) is 3.14. The Morgan fingerprint density at radius 1 is 1.25 bits per heavy atom. The lowest BCUT2D eigenvalue weighted by Crippen LogP contribution is -1.99. The normalized spacial score (nSPS) is 10.7. The van der Waals surface area contributed by atoms with Crippen molar-refractivity contribution in [3.8, 4) is 0 Å². The molecule has 0 fully saturated rings. The Labute approximate surface area is 93.9 Å². The van der Waals surface area contributed by atoms with Crippen LogP contribution in [-0.2, 0) is 6.54 Å². The molecular formula is C11H14N4O. The second-order valence-electron chi connectivity index (χ2n) is 3.81. The maximum atomic E-state index is 5.42. The molecule has 0 aliphatic carbocycles. The van der Waals surface area contributed by atoms with Crippen molar-refractivity contribution in [3.05, 3.63) is 36.0 Å². The van der Waals surface area contributed by atoms with Crippen LogP contribution in [0, 0.1) is 0 Å². The van der Waals surface area contributed by atoms with Crippen LogP contribution in [0.5, 0.6) is 0 Å². The summed E-state index contributed by atoms with van der Waals surface area (Å²) in [7, 11) is 0. The highest BCUT2D eigenvalue weighted by Gasteiger charge is 2.08. The predicted octanol–water partition coefficient (Wildman–Crippen LogP) is 2.20. The second kappa shape index (κ2) is 4.74. The van der Waals surface area contributed by atoms with E-state index in [1.165, 1.54) is 0 Å². The summed E-state index contributed by atoms with van der Waals surface area (Å²) in [4.78, 5) is 3.95. The van der Waals surface area contributed by atoms with Crippen LogP contribution in [0.4, 0.5) is 6.01 Å². The Balaban J connectivity index is 1.95. The molecule has 0 aliphatic heterocycles. The molecule has 5 heteroatoms. The Hall–Kier alpha value is -1.91. The summed E-state index contributed by atoms with van der Waals surface area (Å²) in [5.41, 5.74) is 1.12. The first-order valence-electron chi connectivity index (χ1n) is 5.22. The van der Waals surface area contributed by atoms with Gasteiger partial charge in [-0.15, -0.1) is 5.10 Å². The lowest BCUT2D eigenvalue weighted by Gasteiger charge is -2.00. The summed E-state index contributed by atoms with van der Waals surface area (Å²) in [5.74, 6) is 0.904. The van der Waals surface area contributed by atoms with Crippen LogP contribution in [0.1, 0.15) is 31.2 Å². The first-order chi connectivity index (χ1) is 7.75. The number of nitrogens with zero attached hydrogens (tertiary/aromatic N) is 3. The Morgan fingerprint density at radius 3 is 2.62 bits per heavy atom. The minimum Gasteiger partial charge on any atom is -0.408 e. The second-order valence-corrected chi connectivity index (χ2v) is 3.81. The maximum absolute atomic E-state index is 5.42. The van der Waals surface area contributed by atoms with Crippen molar-refractivity contribution in [1.29, 1.82) is 0 Å². The molecule has 0 saturated carbocycles. The van der Waals surface area contributed by atoms with Gasteiger partial charge in [0.1, 0.15) is 0 Å². The molecule has 0 bridgehead atoms. The SMILES string of the molecule is CC(C)c1nnc(NCc2ccncc2)o1. The van der Waals surface area contributed by atoms with E-state index in [1.54, 1.807) is 12.4 Å². The minimum atomic E-state index is 0.254. The molecule has 5 nitrogen and oxygen atoms in total. The molecule has 1 N–H and O–H groups in total. The van der Waals surface area contributed by atoms with E-state index in [2.05, 4.69) is 20.5 Å². The van der Waals surface area contributed by atoms with Gasteiger partial charge in [-0.1, -0.05) is 18.9 Å². The van der Waals surface area contributed by atoms with E-state index in [1.807, 2.05) is 26.0 Å². The van der Waals surface area contributed by atoms with E-state index >= 15 is 0 Å². The van der Waals surface area contributed by atoms with Gasteiger partial charge in [0.05, 0.1) is 0 Å². The molecule has 0 unspecified atom stereocenters. The number of pyridine rings is 1. The van der Waals surface area contributed by atoms with Gasteiger partial charge in [0.15, 0.2) is 0 Å². The van der Waals surface area contributed by atoms with Gasteiger partial charge < -0.3 is 9.73 Å². The van der Waals surface area contributed by atoms with Crippen LogP contribution in [0.25, 0.3) is 0 Å². The minimum absolute atomic E-state index is 0.254. The van der Waals surface area contributed by atoms with Crippen molar-refractivity contribution < 1.29 is 4.42 Å². The highest BCUT2D eigenvalue weighted by Crippen LogP contribution is 2.15. The fourth-order valence-electron chi connectivity index (χ4n) is 1.22. The van der Waals surface area contributed by atoms with Crippen molar-refractivity contribution >= 4 is 6.01 Å². The van der Waals surface area contributed by atoms with E-state index in [9.17, 15) is 0 Å². The van der Waals surface area contributed by atoms with Gasteiger partial charge in [0.25, 0.3) is 0 Å². The third kappa shape index (κ3) is 2.56. The van der Waals surface area contributed by atoms with Crippen LogP contribution < -0.4 is 5.32 Å². The topological polar surface area (TPSA) is 63.8 Å². The molecule has 0 saturated heterocycles. The van der Waals surface area contributed by atoms with Gasteiger partial charge in [-0.3, -0.25) is 4.98 Å². The summed E-state index contributed by atoms with van der Waals surface area (Å²) in [5, 5.41) is 10.9. The molecular weight excluding hydrogens is 204 g/mol. The van der Waals surface area contributed by atoms with Crippen LogP contribution in [0.2, 0.25) is 0 Å². The maximum Gasteiger partial charge on any atom is 0.315 e. The molecule has 2 rings (SSSR count). The lowest BCUT2D eigenvalue weighted by atomic mass is 10.2. The Bertz CT molecular complexity index is 438. The zero-order chi connectivity index (χ0) is 11.4. The van der Waals surface area contributed by atoms with E-state index in [0.717, 1.165) is 5.56 Å². The van der Waals surface area contributed by atoms with E-state index in [-0.39, 0.29) is 5.92 Å². The molecule has 0 aromatic carbocycles. The summed E-state index contributed by atoms with van der Waals surface area (Å²) in [6.07, 6.45) is 3.51. The molecule has 0 amide bonds. The lowest BCUT2D eigenvalue weighted by molar-refractivity contribution is 0.480. The van der Waals surface area contributed by atoms with Crippen molar-refractivity contribution in [2.45, 2.75) is 26.3 Å². The number of aromatic nitrogens is 3. The van der Waals surface area contributed by atoms with E-state index in [0.29, 0.717) is 18.5 Å². The van der Waals surface area contributed by atoms with Crippen LogP contribution in [0.3, 0.4) is 0 Å². The fraction of sp³-hybridized carbons (Fsp3) is 0.364. The number of rotatable bonds is 4. The molecule has 2 aromatic heterocycles. The summed E-state index contributed by atoms with van der Waals surface area (Å²) >= 11 is 0. The van der Waals surface area contributed by atoms with Crippen molar-refractivity contribution in [2.75, 3.05) is 5.32 Å². The summed E-state index contributed by atoms with van der Waals surface area (Å²) in [6, 6.07) is 4.33. The molecule has 2 heterocycles. The average Bonchev–Trinajstić information content (AvgIpc) is 2.76.